The van der Waals surface area contributed by atoms with Gasteiger partial charge in [0.1, 0.15) is 0 Å². The molecule has 0 spiro atoms. The maximum absolute atomic E-state index is 12.8. The Morgan fingerprint density at radius 2 is 1.68 bits per heavy atom. The molecule has 0 saturated carbocycles. The predicted molar refractivity (Wildman–Crippen MR) is 146 cm³/mol. The third kappa shape index (κ3) is 6.95. The van der Waals surface area contributed by atoms with Gasteiger partial charge < -0.3 is 25.4 Å². The number of ether oxygens (including phenoxy) is 1. The fraction of sp³-hybridized carbons (Fsp3) is 0.250. The molecule has 0 bridgehead atoms. The van der Waals surface area contributed by atoms with Crippen molar-refractivity contribution in [2.24, 2.45) is 10.7 Å². The Morgan fingerprint density at radius 3 is 2.24 bits per heavy atom. The van der Waals surface area contributed by atoms with Crippen LogP contribution in [0, 0.1) is 0 Å². The molecular formula is C28H31ClN4O4. The fourth-order valence-corrected chi connectivity index (χ4v) is 3.75. The fourth-order valence-electron chi connectivity index (χ4n) is 3.57. The van der Waals surface area contributed by atoms with Crippen LogP contribution in [0.25, 0.3) is 0 Å². The summed E-state index contributed by atoms with van der Waals surface area (Å²) in [5.74, 6) is -0.435. The number of carbonyl (C=O) groups is 2. The lowest BCUT2D eigenvalue weighted by atomic mass is 10.0. The van der Waals surface area contributed by atoms with E-state index in [1.165, 1.54) is 9.80 Å². The van der Waals surface area contributed by atoms with E-state index in [-0.39, 0.29) is 6.04 Å². The first-order valence-electron chi connectivity index (χ1n) is 11.7. The van der Waals surface area contributed by atoms with Crippen molar-refractivity contribution in [1.82, 2.24) is 4.90 Å². The predicted octanol–water partition coefficient (Wildman–Crippen LogP) is 4.25. The van der Waals surface area contributed by atoms with Crippen LogP contribution in [-0.2, 0) is 9.53 Å². The number of nitrogens with two attached hydrogens (primary N) is 1. The van der Waals surface area contributed by atoms with E-state index in [2.05, 4.69) is 4.99 Å². The van der Waals surface area contributed by atoms with Crippen molar-refractivity contribution in [3.05, 3.63) is 101 Å². The molecule has 1 aliphatic heterocycles. The molecule has 3 atom stereocenters. The average Bonchev–Trinajstić information content (AvgIpc) is 2.99. The zero-order valence-corrected chi connectivity index (χ0v) is 22.0. The van der Waals surface area contributed by atoms with Gasteiger partial charge in [0.15, 0.2) is 0 Å². The number of benzodiazepines with no additional fused rings is 1. The van der Waals surface area contributed by atoms with Gasteiger partial charge in [-0.15, -0.1) is 0 Å². The summed E-state index contributed by atoms with van der Waals surface area (Å²) in [6.45, 7) is 1.79. The van der Waals surface area contributed by atoms with Gasteiger partial charge in [0.05, 0.1) is 17.5 Å². The van der Waals surface area contributed by atoms with Crippen molar-refractivity contribution in [2.45, 2.75) is 25.3 Å². The SMILES string of the molecule is CN(C)C(=O)OC1N=C(c2ccccc2)c2cc(Cl)ccc2N(C)C1=O.C[C@H](N)[C@@H](O)c1ccccc1. The number of hydrogen-bond acceptors (Lipinski definition) is 6. The number of likely N-dealkylation sites (N-methyl/N-ethyl adjacent to an activating group) is 1. The summed E-state index contributed by atoms with van der Waals surface area (Å²) >= 11 is 6.18. The van der Waals surface area contributed by atoms with Crippen LogP contribution in [0.1, 0.15) is 29.7 Å². The number of aliphatic hydroxyl groups is 1. The highest BCUT2D eigenvalue weighted by Crippen LogP contribution is 2.30. The van der Waals surface area contributed by atoms with Crippen molar-refractivity contribution < 1.29 is 19.4 Å². The van der Waals surface area contributed by atoms with E-state index in [1.54, 1.807) is 46.3 Å². The Kier molecular flexibility index (Phi) is 9.41. The number of carbonyl (C=O) groups excluding carboxylic acids is 2. The highest BCUT2D eigenvalue weighted by molar-refractivity contribution is 6.32. The van der Waals surface area contributed by atoms with Gasteiger partial charge in [-0.1, -0.05) is 72.3 Å². The number of nitrogens with zero attached hydrogens (tertiary/aromatic N) is 3. The van der Waals surface area contributed by atoms with Gasteiger partial charge in [-0.2, -0.15) is 0 Å². The van der Waals surface area contributed by atoms with Crippen LogP contribution in [0.4, 0.5) is 10.5 Å². The Balaban J connectivity index is 0.000000289. The zero-order chi connectivity index (χ0) is 27.1. The van der Waals surface area contributed by atoms with Crippen LogP contribution in [0.5, 0.6) is 0 Å². The Morgan fingerprint density at radius 1 is 1.08 bits per heavy atom. The molecule has 1 aliphatic rings. The molecule has 194 valence electrons. The van der Waals surface area contributed by atoms with E-state index in [0.717, 1.165) is 11.1 Å². The summed E-state index contributed by atoms with van der Waals surface area (Å²) in [6, 6.07) is 23.8. The standard InChI is InChI=1S/C19H18ClN3O3.C9H13NO/c1-22(2)19(25)26-17-18(24)23(3)15-10-9-13(20)11-14(15)16(21-17)12-7-5-4-6-8-12;1-7(10)9(11)8-5-3-2-4-6-8/h4-11,17H,1-3H3;2-7,9,11H,10H2,1H3/t;7-,9+/m.0/s1. The van der Waals surface area contributed by atoms with Gasteiger partial charge in [0.25, 0.3) is 12.1 Å². The first-order chi connectivity index (χ1) is 17.6. The Hall–Kier alpha value is -3.72. The van der Waals surface area contributed by atoms with Crippen molar-refractivity contribution in [3.63, 3.8) is 0 Å². The Labute approximate surface area is 221 Å². The van der Waals surface area contributed by atoms with E-state index < -0.39 is 24.3 Å². The van der Waals surface area contributed by atoms with Gasteiger partial charge >= 0.3 is 6.09 Å². The molecule has 0 fully saturated rings. The van der Waals surface area contributed by atoms with Gasteiger partial charge in [0, 0.05) is 43.3 Å². The van der Waals surface area contributed by atoms with E-state index in [4.69, 9.17) is 22.1 Å². The van der Waals surface area contributed by atoms with E-state index in [1.807, 2.05) is 60.7 Å². The third-order valence-electron chi connectivity index (χ3n) is 5.63. The second-order valence-electron chi connectivity index (χ2n) is 8.75. The van der Waals surface area contributed by atoms with Gasteiger partial charge in [-0.3, -0.25) is 4.79 Å². The van der Waals surface area contributed by atoms with Crippen molar-refractivity contribution in [3.8, 4) is 0 Å². The number of fused-ring (bicyclic) bond motifs is 1. The Bertz CT molecular complexity index is 1250. The van der Waals surface area contributed by atoms with Crippen LogP contribution in [0.15, 0.2) is 83.9 Å². The second kappa shape index (κ2) is 12.5. The number of aliphatic hydroxyl groups excluding tert-OH is 1. The molecule has 3 aromatic rings. The molecule has 1 unspecified atom stereocenters. The van der Waals surface area contributed by atoms with Crippen molar-refractivity contribution in [2.75, 3.05) is 26.0 Å². The molecule has 3 aromatic carbocycles. The minimum absolute atomic E-state index is 0.211. The third-order valence-corrected chi connectivity index (χ3v) is 5.86. The van der Waals surface area contributed by atoms with E-state index >= 15 is 0 Å². The summed E-state index contributed by atoms with van der Waals surface area (Å²) in [4.78, 5) is 32.0. The molecule has 9 heteroatoms. The number of hydrogen-bond donors (Lipinski definition) is 2. The molecule has 0 saturated heterocycles. The molecule has 8 nitrogen and oxygen atoms in total. The highest BCUT2D eigenvalue weighted by atomic mass is 35.5. The van der Waals surface area contributed by atoms with Crippen molar-refractivity contribution in [1.29, 1.82) is 0 Å². The molecule has 4 rings (SSSR count). The highest BCUT2D eigenvalue weighted by Gasteiger charge is 2.33. The van der Waals surface area contributed by atoms with Crippen LogP contribution >= 0.6 is 11.6 Å². The molecule has 0 radical (unpaired) electrons. The number of anilines is 1. The molecule has 2 amide bonds. The minimum atomic E-state index is -1.28. The second-order valence-corrected chi connectivity index (χ2v) is 9.18. The number of benzene rings is 3. The summed E-state index contributed by atoms with van der Waals surface area (Å²) in [6.07, 6.45) is -2.47. The number of amides is 2. The molecule has 0 aliphatic carbocycles. The summed E-state index contributed by atoms with van der Waals surface area (Å²) in [5, 5.41) is 10.00. The van der Waals surface area contributed by atoms with Crippen LogP contribution in [0.2, 0.25) is 5.02 Å². The zero-order valence-electron chi connectivity index (χ0n) is 21.2. The molecule has 0 aromatic heterocycles. The quantitative estimate of drug-likeness (QED) is 0.532. The van der Waals surface area contributed by atoms with Gasteiger partial charge in [-0.25, -0.2) is 9.79 Å². The molecular weight excluding hydrogens is 492 g/mol. The van der Waals surface area contributed by atoms with Gasteiger partial charge in [-0.05, 0) is 30.7 Å². The van der Waals surface area contributed by atoms with Crippen molar-refractivity contribution >= 4 is 35.0 Å². The maximum atomic E-state index is 12.8. The average molecular weight is 523 g/mol. The first-order valence-corrected chi connectivity index (χ1v) is 12.0. The lowest BCUT2D eigenvalue weighted by Gasteiger charge is -2.21. The van der Waals surface area contributed by atoms with E-state index in [0.29, 0.717) is 22.0 Å². The first kappa shape index (κ1) is 27.9. The normalized spacial score (nSPS) is 16.3. The van der Waals surface area contributed by atoms with E-state index in [9.17, 15) is 14.7 Å². The number of rotatable bonds is 4. The monoisotopic (exact) mass is 522 g/mol. The topological polar surface area (TPSA) is 108 Å². The van der Waals surface area contributed by atoms with Gasteiger partial charge in [0.2, 0.25) is 0 Å². The molecule has 1 heterocycles. The largest absolute Gasteiger partial charge is 0.414 e. The number of aliphatic imine (C=N–C) groups is 1. The lowest BCUT2D eigenvalue weighted by molar-refractivity contribution is -0.126. The number of halogens is 1. The maximum Gasteiger partial charge on any atom is 0.411 e. The smallest absolute Gasteiger partial charge is 0.411 e. The van der Waals surface area contributed by atoms with Crippen LogP contribution in [-0.4, -0.2) is 61.1 Å². The lowest BCUT2D eigenvalue weighted by Crippen LogP contribution is -2.39. The van der Waals surface area contributed by atoms with Crippen LogP contribution in [0.3, 0.4) is 0 Å². The summed E-state index contributed by atoms with van der Waals surface area (Å²) in [7, 11) is 4.71. The summed E-state index contributed by atoms with van der Waals surface area (Å²) < 4.78 is 5.30. The van der Waals surface area contributed by atoms with Crippen LogP contribution < -0.4 is 10.6 Å². The molecule has 3 N–H and O–H groups in total. The summed E-state index contributed by atoms with van der Waals surface area (Å²) in [5.41, 5.74) is 9.07. The molecule has 37 heavy (non-hydrogen) atoms. The minimum Gasteiger partial charge on any atom is -0.414 e.